The standard InChI is InChI=1S/C22H25N5O3/c28-19(15-26-10-12-29-13-11-26)27-9-3-5-17(14-27)21-24-25-22(30-21)20-18-6-2-1-4-16(18)7-8-23-20/h1-2,4,6-8,17H,3,5,9-15H2/t17-/m1/s1. The molecule has 0 spiro atoms. The third-order valence-corrected chi connectivity index (χ3v) is 5.90. The Bertz CT molecular complexity index is 1030. The summed E-state index contributed by atoms with van der Waals surface area (Å²) >= 11 is 0. The van der Waals surface area contributed by atoms with Gasteiger partial charge >= 0.3 is 0 Å². The van der Waals surface area contributed by atoms with E-state index in [0.717, 1.165) is 43.2 Å². The average molecular weight is 407 g/mol. The molecule has 8 nitrogen and oxygen atoms in total. The van der Waals surface area contributed by atoms with Gasteiger partial charge in [-0.1, -0.05) is 24.3 Å². The van der Waals surface area contributed by atoms with Crippen LogP contribution in [0.1, 0.15) is 24.7 Å². The summed E-state index contributed by atoms with van der Waals surface area (Å²) in [7, 11) is 0. The van der Waals surface area contributed by atoms with Crippen LogP contribution in [0.3, 0.4) is 0 Å². The normalized spacial score (nSPS) is 20.5. The van der Waals surface area contributed by atoms with Crippen molar-refractivity contribution in [3.63, 3.8) is 0 Å². The Kier molecular flexibility index (Phi) is 5.42. The molecule has 8 heteroatoms. The van der Waals surface area contributed by atoms with Gasteiger partial charge in [-0.25, -0.2) is 0 Å². The zero-order valence-corrected chi connectivity index (χ0v) is 16.9. The van der Waals surface area contributed by atoms with Crippen LogP contribution in [0.4, 0.5) is 0 Å². The highest BCUT2D eigenvalue weighted by atomic mass is 16.5. The van der Waals surface area contributed by atoms with E-state index in [0.29, 0.717) is 43.8 Å². The molecule has 2 saturated heterocycles. The van der Waals surface area contributed by atoms with E-state index in [1.165, 1.54) is 0 Å². The van der Waals surface area contributed by atoms with Crippen molar-refractivity contribution in [1.82, 2.24) is 25.0 Å². The predicted octanol–water partition coefficient (Wildman–Crippen LogP) is 2.32. The second-order valence-electron chi connectivity index (χ2n) is 7.89. The Morgan fingerprint density at radius 3 is 2.87 bits per heavy atom. The molecule has 1 atom stereocenters. The van der Waals surface area contributed by atoms with Crippen molar-refractivity contribution >= 4 is 16.7 Å². The summed E-state index contributed by atoms with van der Waals surface area (Å²) in [5.74, 6) is 1.24. The molecule has 1 amide bonds. The molecule has 30 heavy (non-hydrogen) atoms. The van der Waals surface area contributed by atoms with Crippen LogP contribution in [-0.2, 0) is 9.53 Å². The minimum atomic E-state index is 0.0589. The number of pyridine rings is 1. The first kappa shape index (κ1) is 19.1. The van der Waals surface area contributed by atoms with Gasteiger partial charge in [0.1, 0.15) is 5.69 Å². The van der Waals surface area contributed by atoms with E-state index >= 15 is 0 Å². The molecule has 3 aromatic rings. The fraction of sp³-hybridized carbons (Fsp3) is 0.455. The second-order valence-corrected chi connectivity index (χ2v) is 7.89. The van der Waals surface area contributed by atoms with Gasteiger partial charge in [0.2, 0.25) is 11.8 Å². The Hall–Kier alpha value is -2.84. The van der Waals surface area contributed by atoms with Crippen LogP contribution in [-0.4, -0.2) is 76.8 Å². The summed E-state index contributed by atoms with van der Waals surface area (Å²) in [5.41, 5.74) is 0.697. The summed E-state index contributed by atoms with van der Waals surface area (Å²) in [6.45, 7) is 4.87. The maximum absolute atomic E-state index is 12.8. The number of aromatic nitrogens is 3. The monoisotopic (exact) mass is 407 g/mol. The number of benzene rings is 1. The molecule has 1 aromatic carbocycles. The Morgan fingerprint density at radius 2 is 1.97 bits per heavy atom. The third-order valence-electron chi connectivity index (χ3n) is 5.90. The van der Waals surface area contributed by atoms with Gasteiger partial charge in [0, 0.05) is 37.8 Å². The molecular weight excluding hydrogens is 382 g/mol. The van der Waals surface area contributed by atoms with Crippen LogP contribution in [0.25, 0.3) is 22.4 Å². The molecule has 2 aliphatic rings. The van der Waals surface area contributed by atoms with E-state index in [2.05, 4.69) is 20.1 Å². The zero-order valence-electron chi connectivity index (χ0n) is 16.9. The first-order valence-electron chi connectivity index (χ1n) is 10.5. The molecule has 4 heterocycles. The lowest BCUT2D eigenvalue weighted by Gasteiger charge is -2.33. The van der Waals surface area contributed by atoms with Gasteiger partial charge < -0.3 is 14.1 Å². The molecule has 0 aliphatic carbocycles. The highest BCUT2D eigenvalue weighted by Gasteiger charge is 2.29. The van der Waals surface area contributed by atoms with Crippen LogP contribution in [0.2, 0.25) is 0 Å². The van der Waals surface area contributed by atoms with Gasteiger partial charge in [-0.2, -0.15) is 0 Å². The van der Waals surface area contributed by atoms with Gasteiger partial charge in [-0.3, -0.25) is 14.7 Å². The van der Waals surface area contributed by atoms with Crippen LogP contribution in [0.5, 0.6) is 0 Å². The molecule has 0 unspecified atom stereocenters. The van der Waals surface area contributed by atoms with Crippen molar-refractivity contribution in [2.75, 3.05) is 45.9 Å². The summed E-state index contributed by atoms with van der Waals surface area (Å²) < 4.78 is 11.4. The number of nitrogens with zero attached hydrogens (tertiary/aromatic N) is 5. The number of carbonyl (C=O) groups is 1. The Balaban J connectivity index is 1.30. The van der Waals surface area contributed by atoms with Crippen molar-refractivity contribution in [2.45, 2.75) is 18.8 Å². The topological polar surface area (TPSA) is 84.6 Å². The number of piperidine rings is 1. The molecule has 156 valence electrons. The van der Waals surface area contributed by atoms with Crippen molar-refractivity contribution in [3.05, 3.63) is 42.4 Å². The fourth-order valence-electron chi connectivity index (χ4n) is 4.24. The molecule has 2 aliphatic heterocycles. The van der Waals surface area contributed by atoms with Gasteiger partial charge in [-0.15, -0.1) is 10.2 Å². The van der Waals surface area contributed by atoms with E-state index in [1.54, 1.807) is 6.20 Å². The van der Waals surface area contributed by atoms with E-state index in [-0.39, 0.29) is 11.8 Å². The van der Waals surface area contributed by atoms with Gasteiger partial charge in [0.15, 0.2) is 0 Å². The highest BCUT2D eigenvalue weighted by Crippen LogP contribution is 2.30. The number of hydrogen-bond donors (Lipinski definition) is 0. The lowest BCUT2D eigenvalue weighted by atomic mass is 9.98. The fourth-order valence-corrected chi connectivity index (χ4v) is 4.24. The van der Waals surface area contributed by atoms with Crippen LogP contribution in [0, 0.1) is 0 Å². The number of carbonyl (C=O) groups excluding carboxylic acids is 1. The van der Waals surface area contributed by atoms with Gasteiger partial charge in [0.25, 0.3) is 5.89 Å². The number of likely N-dealkylation sites (tertiary alicyclic amines) is 1. The van der Waals surface area contributed by atoms with Gasteiger partial charge in [0.05, 0.1) is 25.7 Å². The van der Waals surface area contributed by atoms with Crippen molar-refractivity contribution in [2.24, 2.45) is 0 Å². The lowest BCUT2D eigenvalue weighted by Crippen LogP contribution is -2.47. The molecule has 2 aromatic heterocycles. The number of morpholine rings is 1. The number of amides is 1. The van der Waals surface area contributed by atoms with E-state index < -0.39 is 0 Å². The molecule has 2 fully saturated rings. The third kappa shape index (κ3) is 3.93. The number of rotatable bonds is 4. The highest BCUT2D eigenvalue weighted by molar-refractivity contribution is 5.92. The molecule has 0 bridgehead atoms. The van der Waals surface area contributed by atoms with E-state index in [4.69, 9.17) is 9.15 Å². The molecule has 0 N–H and O–H groups in total. The maximum Gasteiger partial charge on any atom is 0.266 e. The number of ether oxygens (including phenoxy) is 1. The first-order chi connectivity index (χ1) is 14.8. The SMILES string of the molecule is O=C(CN1CCOCC1)N1CCC[C@@H](c2nnc(-c3nccc4ccccc34)o2)C1. The molecular formula is C22H25N5O3. The minimum Gasteiger partial charge on any atom is -0.419 e. The lowest BCUT2D eigenvalue weighted by molar-refractivity contribution is -0.134. The predicted molar refractivity (Wildman–Crippen MR) is 111 cm³/mol. The first-order valence-corrected chi connectivity index (χ1v) is 10.5. The quantitative estimate of drug-likeness (QED) is 0.656. The van der Waals surface area contributed by atoms with E-state index in [9.17, 15) is 4.79 Å². The van der Waals surface area contributed by atoms with Crippen LogP contribution in [0.15, 0.2) is 40.9 Å². The maximum atomic E-state index is 12.8. The average Bonchev–Trinajstić information content (AvgIpc) is 3.30. The molecule has 0 saturated carbocycles. The molecule has 5 rings (SSSR count). The van der Waals surface area contributed by atoms with Crippen LogP contribution < -0.4 is 0 Å². The molecule has 0 radical (unpaired) electrons. The summed E-state index contributed by atoms with van der Waals surface area (Å²) in [6.07, 6.45) is 3.63. The smallest absolute Gasteiger partial charge is 0.266 e. The van der Waals surface area contributed by atoms with Gasteiger partial charge in [-0.05, 0) is 24.3 Å². The Labute approximate surface area is 174 Å². The minimum absolute atomic E-state index is 0.0589. The number of hydrogen-bond acceptors (Lipinski definition) is 7. The summed E-state index contributed by atoms with van der Waals surface area (Å²) in [5, 5.41) is 10.7. The number of fused-ring (bicyclic) bond motifs is 1. The summed E-state index contributed by atoms with van der Waals surface area (Å²) in [6, 6.07) is 9.99. The second kappa shape index (κ2) is 8.49. The van der Waals surface area contributed by atoms with Crippen LogP contribution >= 0.6 is 0 Å². The largest absolute Gasteiger partial charge is 0.419 e. The summed E-state index contributed by atoms with van der Waals surface area (Å²) in [4.78, 5) is 21.3. The van der Waals surface area contributed by atoms with E-state index in [1.807, 2.05) is 35.2 Å². The van der Waals surface area contributed by atoms with Crippen molar-refractivity contribution in [3.8, 4) is 11.6 Å². The Morgan fingerprint density at radius 1 is 1.10 bits per heavy atom. The van der Waals surface area contributed by atoms with Crippen molar-refractivity contribution in [1.29, 1.82) is 0 Å². The zero-order chi connectivity index (χ0) is 20.3. The van der Waals surface area contributed by atoms with Crippen molar-refractivity contribution < 1.29 is 13.9 Å².